The summed E-state index contributed by atoms with van der Waals surface area (Å²) >= 11 is 0. The van der Waals surface area contributed by atoms with Gasteiger partial charge in [0, 0.05) is 46.7 Å². The van der Waals surface area contributed by atoms with Gasteiger partial charge in [0.2, 0.25) is 0 Å². The molecule has 1 unspecified atom stereocenters. The normalized spacial score (nSPS) is 12.2. The molecule has 190 valence electrons. The Bertz CT molecular complexity index is 1530. The maximum atomic E-state index is 12.4. The zero-order valence-electron chi connectivity index (χ0n) is 20.9. The molecule has 0 fully saturated rings. The predicted molar refractivity (Wildman–Crippen MR) is 141 cm³/mol. The van der Waals surface area contributed by atoms with Crippen LogP contribution in [0.5, 0.6) is 5.75 Å². The van der Waals surface area contributed by atoms with Crippen LogP contribution in [0, 0.1) is 0 Å². The van der Waals surface area contributed by atoms with E-state index in [9.17, 15) is 4.79 Å². The lowest BCUT2D eigenvalue weighted by atomic mass is 9.98. The second-order valence-electron chi connectivity index (χ2n) is 8.96. The Hall–Kier alpha value is -4.07. The predicted octanol–water partition coefficient (Wildman–Crippen LogP) is 6.00. The fraction of sp³-hybridized carbons (Fsp3) is 0.233. The van der Waals surface area contributed by atoms with E-state index in [-0.39, 0.29) is 18.5 Å². The molecule has 0 spiro atoms. The Kier molecular flexibility index (Phi) is 7.25. The molecule has 7 heteroatoms. The van der Waals surface area contributed by atoms with Crippen LogP contribution in [-0.4, -0.2) is 25.8 Å². The number of furan rings is 2. The molecule has 5 rings (SSSR count). The third-order valence-electron chi connectivity index (χ3n) is 6.24. The third-order valence-corrected chi connectivity index (χ3v) is 6.24. The van der Waals surface area contributed by atoms with Gasteiger partial charge in [-0.05, 0) is 36.8 Å². The largest absolute Gasteiger partial charge is 0.489 e. The molecule has 0 aliphatic carbocycles. The monoisotopic (exact) mass is 499 g/mol. The molecule has 0 saturated heterocycles. The van der Waals surface area contributed by atoms with Crippen molar-refractivity contribution in [3.05, 3.63) is 89.9 Å². The summed E-state index contributed by atoms with van der Waals surface area (Å²) in [5.74, 6) is 0.305. The first kappa shape index (κ1) is 24.6. The van der Waals surface area contributed by atoms with Gasteiger partial charge >= 0.3 is 5.97 Å². The van der Waals surface area contributed by atoms with E-state index >= 15 is 0 Å². The highest BCUT2D eigenvalue weighted by atomic mass is 16.6. The summed E-state index contributed by atoms with van der Waals surface area (Å²) in [5.41, 5.74) is 11.9. The van der Waals surface area contributed by atoms with Gasteiger partial charge in [-0.25, -0.2) is 0 Å². The summed E-state index contributed by atoms with van der Waals surface area (Å²) in [6.07, 6.45) is 3.18. The van der Waals surface area contributed by atoms with Crippen molar-refractivity contribution in [3.63, 3.8) is 0 Å². The van der Waals surface area contributed by atoms with Gasteiger partial charge in [0.1, 0.15) is 29.6 Å². The number of benzene rings is 3. The minimum absolute atomic E-state index is 0.111. The Labute approximate surface area is 214 Å². The lowest BCUT2D eigenvalue weighted by Gasteiger charge is -2.15. The number of hydrogen-bond acceptors (Lipinski definition) is 7. The number of ether oxygens (including phenoxy) is 3. The smallest absolute Gasteiger partial charge is 0.310 e. The number of methoxy groups -OCH3 is 1. The van der Waals surface area contributed by atoms with E-state index in [0.717, 1.165) is 49.8 Å². The summed E-state index contributed by atoms with van der Waals surface area (Å²) in [6, 6.07) is 19.5. The molecule has 3 aromatic carbocycles. The van der Waals surface area contributed by atoms with Crippen LogP contribution in [0.2, 0.25) is 0 Å². The highest BCUT2D eigenvalue weighted by Crippen LogP contribution is 2.37. The van der Waals surface area contributed by atoms with Crippen molar-refractivity contribution in [1.82, 2.24) is 0 Å². The van der Waals surface area contributed by atoms with E-state index in [1.165, 1.54) is 0 Å². The van der Waals surface area contributed by atoms with Crippen LogP contribution in [-0.2, 0) is 33.8 Å². The number of fused-ring (bicyclic) bond motifs is 2. The van der Waals surface area contributed by atoms with Gasteiger partial charge in [-0.1, -0.05) is 36.4 Å². The molecule has 7 nitrogen and oxygen atoms in total. The lowest BCUT2D eigenvalue weighted by molar-refractivity contribution is -0.149. The molecular formula is C30H29NO6. The molecule has 0 saturated carbocycles. The third kappa shape index (κ3) is 5.23. The zero-order chi connectivity index (χ0) is 25.8. The molecule has 1 atom stereocenters. The zero-order valence-corrected chi connectivity index (χ0v) is 20.9. The molecule has 0 aliphatic rings. The van der Waals surface area contributed by atoms with E-state index in [2.05, 4.69) is 6.07 Å². The van der Waals surface area contributed by atoms with Crippen molar-refractivity contribution >= 4 is 27.9 Å². The molecule has 0 aliphatic heterocycles. The number of esters is 1. The first-order chi connectivity index (χ1) is 18.1. The minimum Gasteiger partial charge on any atom is -0.489 e. The first-order valence-electron chi connectivity index (χ1n) is 12.2. The number of carbonyl (C=O) groups is 1. The Balaban J connectivity index is 1.41. The van der Waals surface area contributed by atoms with Crippen LogP contribution in [0.4, 0.5) is 0 Å². The summed E-state index contributed by atoms with van der Waals surface area (Å²) in [6.45, 7) is 2.86. The molecule has 0 amide bonds. The van der Waals surface area contributed by atoms with Gasteiger partial charge in [0.25, 0.3) is 0 Å². The molecule has 37 heavy (non-hydrogen) atoms. The van der Waals surface area contributed by atoms with E-state index in [0.29, 0.717) is 25.5 Å². The Morgan fingerprint density at radius 3 is 2.68 bits per heavy atom. The van der Waals surface area contributed by atoms with Crippen molar-refractivity contribution in [2.24, 2.45) is 5.73 Å². The lowest BCUT2D eigenvalue weighted by Crippen LogP contribution is -2.21. The number of carbonyl (C=O) groups excluding carboxylic acids is 1. The van der Waals surface area contributed by atoms with E-state index in [1.807, 2.05) is 54.6 Å². The van der Waals surface area contributed by atoms with Crippen LogP contribution < -0.4 is 10.5 Å². The van der Waals surface area contributed by atoms with Crippen molar-refractivity contribution in [1.29, 1.82) is 0 Å². The van der Waals surface area contributed by atoms with Gasteiger partial charge in [0.15, 0.2) is 0 Å². The highest BCUT2D eigenvalue weighted by molar-refractivity contribution is 6.02. The highest BCUT2D eigenvalue weighted by Gasteiger charge is 2.17. The quantitative estimate of drug-likeness (QED) is 0.235. The number of hydrogen-bond donors (Lipinski definition) is 1. The van der Waals surface area contributed by atoms with Crippen molar-refractivity contribution < 1.29 is 27.8 Å². The summed E-state index contributed by atoms with van der Waals surface area (Å²) in [4.78, 5) is 12.4. The van der Waals surface area contributed by atoms with E-state index in [1.54, 1.807) is 26.6 Å². The van der Waals surface area contributed by atoms with Crippen LogP contribution in [0.3, 0.4) is 0 Å². The molecular weight excluding hydrogens is 470 g/mol. The molecule has 0 radical (unpaired) electrons. The summed E-state index contributed by atoms with van der Waals surface area (Å²) in [5, 5.41) is 1.95. The van der Waals surface area contributed by atoms with Crippen molar-refractivity contribution in [2.75, 3.05) is 13.7 Å². The fourth-order valence-corrected chi connectivity index (χ4v) is 4.55. The molecule has 5 aromatic rings. The van der Waals surface area contributed by atoms with Gasteiger partial charge in [-0.3, -0.25) is 4.79 Å². The molecule has 0 bridgehead atoms. The minimum atomic E-state index is -0.328. The fourth-order valence-electron chi connectivity index (χ4n) is 4.55. The Morgan fingerprint density at radius 1 is 0.973 bits per heavy atom. The van der Waals surface area contributed by atoms with Gasteiger partial charge in [-0.2, -0.15) is 0 Å². The topological polar surface area (TPSA) is 97.1 Å². The van der Waals surface area contributed by atoms with E-state index < -0.39 is 0 Å². The molecule has 2 N–H and O–H groups in total. The summed E-state index contributed by atoms with van der Waals surface area (Å²) < 4.78 is 28.4. The van der Waals surface area contributed by atoms with Crippen LogP contribution in [0.25, 0.3) is 33.1 Å². The first-order valence-corrected chi connectivity index (χ1v) is 12.2. The number of para-hydroxylation sites is 2. The van der Waals surface area contributed by atoms with Crippen molar-refractivity contribution in [2.45, 2.75) is 32.6 Å². The average molecular weight is 500 g/mol. The summed E-state index contributed by atoms with van der Waals surface area (Å²) in [7, 11) is 1.58. The second kappa shape index (κ2) is 10.9. The Morgan fingerprint density at radius 2 is 1.84 bits per heavy atom. The SMILES string of the molecule is COCC(C)OC(=O)Cc1ccccc1OCc1cc(-c2cccc3c(CN)coc23)c2occc2c1. The van der Waals surface area contributed by atoms with Crippen LogP contribution >= 0.6 is 0 Å². The van der Waals surface area contributed by atoms with Gasteiger partial charge in [-0.15, -0.1) is 0 Å². The van der Waals surface area contributed by atoms with Crippen LogP contribution in [0.15, 0.2) is 82.0 Å². The average Bonchev–Trinajstić information content (AvgIpc) is 3.54. The molecule has 2 aromatic heterocycles. The van der Waals surface area contributed by atoms with Gasteiger partial charge < -0.3 is 28.8 Å². The maximum Gasteiger partial charge on any atom is 0.310 e. The maximum absolute atomic E-state index is 12.4. The number of rotatable bonds is 10. The second-order valence-corrected chi connectivity index (χ2v) is 8.96. The standard InChI is InChI=1S/C30H29NO6/c1-19(16-33-2)37-28(32)14-21-6-3-4-9-27(21)35-17-20-12-22-10-11-34-29(22)26(13-20)25-8-5-7-24-23(15-31)18-36-30(24)25/h3-13,18-19H,14-17,31H2,1-2H3. The van der Waals surface area contributed by atoms with Gasteiger partial charge in [0.05, 0.1) is 25.6 Å². The van der Waals surface area contributed by atoms with E-state index in [4.69, 9.17) is 28.8 Å². The number of nitrogens with two attached hydrogens (primary N) is 1. The molecule has 2 heterocycles. The van der Waals surface area contributed by atoms with Crippen LogP contribution in [0.1, 0.15) is 23.6 Å². The van der Waals surface area contributed by atoms with Crippen molar-refractivity contribution in [3.8, 4) is 16.9 Å².